The van der Waals surface area contributed by atoms with Gasteiger partial charge in [0, 0.05) is 0 Å². The van der Waals surface area contributed by atoms with E-state index in [-0.39, 0.29) is 11.6 Å². The van der Waals surface area contributed by atoms with Gasteiger partial charge in [0.2, 0.25) is 0 Å². The Bertz CT molecular complexity index is 745. The van der Waals surface area contributed by atoms with E-state index in [1.54, 1.807) is 0 Å². The van der Waals surface area contributed by atoms with Gasteiger partial charge in [0.05, 0.1) is 0 Å². The zero-order valence-corrected chi connectivity index (χ0v) is 10.6. The summed E-state index contributed by atoms with van der Waals surface area (Å²) in [5.74, 6) is -10.7. The lowest BCUT2D eigenvalue weighted by Gasteiger charge is -2.11. The Morgan fingerprint density at radius 2 is 1.30 bits per heavy atom. The minimum atomic E-state index is -5.65. The molecule has 0 aliphatic rings. The normalized spacial score (nSPS) is 12.3. The number of aromatic amines is 1. The van der Waals surface area contributed by atoms with Gasteiger partial charge in [-0.2, -0.15) is 18.3 Å². The van der Waals surface area contributed by atoms with Crippen molar-refractivity contribution >= 4 is 23.0 Å². The predicted molar refractivity (Wildman–Crippen MR) is 62.9 cm³/mol. The molecule has 0 saturated heterocycles. The minimum Gasteiger partial charge on any atom is -0.382 e. The van der Waals surface area contributed by atoms with Crippen LogP contribution in [0.15, 0.2) is 10.2 Å². The second-order valence-corrected chi connectivity index (χ2v) is 4.05. The Hall–Kier alpha value is -2.86. The number of nitrogens with zero attached hydrogens (tertiary/aromatic N) is 3. The number of benzene rings is 1. The van der Waals surface area contributed by atoms with E-state index >= 15 is 0 Å². The van der Waals surface area contributed by atoms with Crippen LogP contribution in [-0.2, 0) is 6.18 Å². The molecule has 0 spiro atoms. The quantitative estimate of drug-likeness (QED) is 0.441. The topological polar surface area (TPSA) is 105 Å². The molecule has 0 radical (unpaired) electrons. The summed E-state index contributed by atoms with van der Waals surface area (Å²) in [5, 5.41) is 11.4. The standard InChI is InChI=1S/C10H5F7N6/c11-2-1(10(15,16)17)3(12)5(14)6(4(2)13)20-21-7-8(18)22-23-9(7)19/h(H5,18,19,22,23). The fraction of sp³-hybridized carbons (Fsp3) is 0.100. The van der Waals surface area contributed by atoms with Gasteiger partial charge in [-0.1, -0.05) is 0 Å². The minimum absolute atomic E-state index is 0.292. The number of nitrogens with two attached hydrogens (primary N) is 2. The molecule has 0 bridgehead atoms. The number of anilines is 2. The first kappa shape index (κ1) is 16.5. The predicted octanol–water partition coefficient (Wildman–Crippen LogP) is 3.56. The number of hydrogen-bond donors (Lipinski definition) is 3. The molecule has 0 unspecified atom stereocenters. The molecule has 1 heterocycles. The molecule has 0 saturated carbocycles. The summed E-state index contributed by atoms with van der Waals surface area (Å²) < 4.78 is 91.0. The molecule has 23 heavy (non-hydrogen) atoms. The average molecular weight is 342 g/mol. The van der Waals surface area contributed by atoms with Gasteiger partial charge in [-0.25, -0.2) is 17.6 Å². The number of alkyl halides is 3. The van der Waals surface area contributed by atoms with Gasteiger partial charge in [0.1, 0.15) is 11.4 Å². The lowest BCUT2D eigenvalue weighted by Crippen LogP contribution is -2.14. The SMILES string of the molecule is Nc1n[nH]c(N)c1N=Nc1c(F)c(F)c(C(F)(F)F)c(F)c1F. The fourth-order valence-electron chi connectivity index (χ4n) is 1.53. The number of rotatable bonds is 2. The van der Waals surface area contributed by atoms with E-state index in [0.717, 1.165) is 0 Å². The molecule has 0 fully saturated rings. The maximum atomic E-state index is 13.5. The first-order chi connectivity index (χ1) is 10.6. The second-order valence-electron chi connectivity index (χ2n) is 4.05. The number of halogens is 7. The van der Waals surface area contributed by atoms with Crippen molar-refractivity contribution in [3.05, 3.63) is 28.8 Å². The molecule has 0 atom stereocenters. The van der Waals surface area contributed by atoms with Crippen LogP contribution < -0.4 is 11.5 Å². The van der Waals surface area contributed by atoms with Crippen molar-refractivity contribution < 1.29 is 30.7 Å². The van der Waals surface area contributed by atoms with E-state index < -0.39 is 46.4 Å². The average Bonchev–Trinajstić information content (AvgIpc) is 2.75. The van der Waals surface area contributed by atoms with Crippen LogP contribution in [0.5, 0.6) is 0 Å². The number of aromatic nitrogens is 2. The van der Waals surface area contributed by atoms with Crippen LogP contribution in [0.1, 0.15) is 5.56 Å². The van der Waals surface area contributed by atoms with Crippen LogP contribution >= 0.6 is 0 Å². The molecule has 13 heteroatoms. The summed E-state index contributed by atoms with van der Waals surface area (Å²) in [4.78, 5) is 0. The summed E-state index contributed by atoms with van der Waals surface area (Å²) in [6, 6.07) is 0. The van der Waals surface area contributed by atoms with E-state index in [1.807, 2.05) is 0 Å². The molecule has 1 aromatic carbocycles. The first-order valence-electron chi connectivity index (χ1n) is 5.49. The molecule has 5 N–H and O–H groups in total. The largest absolute Gasteiger partial charge is 0.422 e. The molecule has 0 amide bonds. The van der Waals surface area contributed by atoms with E-state index in [2.05, 4.69) is 20.4 Å². The van der Waals surface area contributed by atoms with E-state index in [0.29, 0.717) is 0 Å². The maximum Gasteiger partial charge on any atom is 0.422 e. The van der Waals surface area contributed by atoms with Crippen molar-refractivity contribution in [2.75, 3.05) is 11.5 Å². The highest BCUT2D eigenvalue weighted by Crippen LogP contribution is 2.40. The third-order valence-corrected chi connectivity index (χ3v) is 2.57. The van der Waals surface area contributed by atoms with Crippen molar-refractivity contribution in [1.29, 1.82) is 0 Å². The summed E-state index contributed by atoms with van der Waals surface area (Å²) in [6.07, 6.45) is -5.65. The number of nitrogens with one attached hydrogen (secondary N) is 1. The zero-order valence-electron chi connectivity index (χ0n) is 10.6. The van der Waals surface area contributed by atoms with E-state index in [1.165, 1.54) is 0 Å². The molecule has 124 valence electrons. The monoisotopic (exact) mass is 342 g/mol. The van der Waals surface area contributed by atoms with Gasteiger partial charge in [-0.3, -0.25) is 5.10 Å². The highest BCUT2D eigenvalue weighted by Gasteiger charge is 2.42. The van der Waals surface area contributed by atoms with Crippen molar-refractivity contribution in [3.63, 3.8) is 0 Å². The van der Waals surface area contributed by atoms with Crippen molar-refractivity contribution in [2.24, 2.45) is 10.2 Å². The Balaban J connectivity index is 2.62. The summed E-state index contributed by atoms with van der Waals surface area (Å²) in [5.41, 5.74) is 5.71. The molecule has 6 nitrogen and oxygen atoms in total. The number of H-pyrrole nitrogens is 1. The molecule has 2 rings (SSSR count). The lowest BCUT2D eigenvalue weighted by molar-refractivity contribution is -0.143. The highest BCUT2D eigenvalue weighted by atomic mass is 19.4. The second kappa shape index (κ2) is 5.40. The van der Waals surface area contributed by atoms with Gasteiger partial charge >= 0.3 is 6.18 Å². The first-order valence-corrected chi connectivity index (χ1v) is 5.49. The Morgan fingerprint density at radius 3 is 1.70 bits per heavy atom. The summed E-state index contributed by atoms with van der Waals surface area (Å²) >= 11 is 0. The molecule has 0 aliphatic carbocycles. The van der Waals surface area contributed by atoms with Gasteiger partial charge < -0.3 is 11.5 Å². The Kier molecular flexibility index (Phi) is 3.88. The summed E-state index contributed by atoms with van der Waals surface area (Å²) in [7, 11) is 0. The van der Waals surface area contributed by atoms with Crippen molar-refractivity contribution in [1.82, 2.24) is 10.2 Å². The number of azo groups is 1. The van der Waals surface area contributed by atoms with E-state index in [9.17, 15) is 30.7 Å². The van der Waals surface area contributed by atoms with Crippen LogP contribution in [0.2, 0.25) is 0 Å². The Labute approximate surface area is 122 Å². The fourth-order valence-corrected chi connectivity index (χ4v) is 1.53. The number of hydrogen-bond acceptors (Lipinski definition) is 5. The zero-order chi connectivity index (χ0) is 17.5. The lowest BCUT2D eigenvalue weighted by atomic mass is 10.1. The van der Waals surface area contributed by atoms with Gasteiger partial charge in [-0.05, 0) is 0 Å². The molecular weight excluding hydrogens is 337 g/mol. The Morgan fingerprint density at radius 1 is 0.826 bits per heavy atom. The van der Waals surface area contributed by atoms with Crippen LogP contribution in [0.4, 0.5) is 53.7 Å². The maximum absolute atomic E-state index is 13.5. The highest BCUT2D eigenvalue weighted by molar-refractivity contribution is 5.70. The molecule has 2 aromatic rings. The van der Waals surface area contributed by atoms with Crippen LogP contribution in [-0.4, -0.2) is 10.2 Å². The molecular formula is C10H5F7N6. The summed E-state index contributed by atoms with van der Waals surface area (Å²) in [6.45, 7) is 0. The third kappa shape index (κ3) is 2.76. The van der Waals surface area contributed by atoms with Gasteiger partial charge in [0.25, 0.3) is 0 Å². The van der Waals surface area contributed by atoms with Crippen LogP contribution in [0.3, 0.4) is 0 Å². The molecule has 1 aromatic heterocycles. The van der Waals surface area contributed by atoms with E-state index in [4.69, 9.17) is 11.5 Å². The molecule has 0 aliphatic heterocycles. The number of nitrogen functional groups attached to an aromatic ring is 2. The van der Waals surface area contributed by atoms with Gasteiger partial charge in [-0.15, -0.1) is 10.2 Å². The van der Waals surface area contributed by atoms with Crippen LogP contribution in [0.25, 0.3) is 0 Å². The van der Waals surface area contributed by atoms with Crippen LogP contribution in [0, 0.1) is 23.3 Å². The smallest absolute Gasteiger partial charge is 0.382 e. The third-order valence-electron chi connectivity index (χ3n) is 2.57. The van der Waals surface area contributed by atoms with Gasteiger partial charge in [0.15, 0.2) is 40.5 Å². The van der Waals surface area contributed by atoms with Crippen molar-refractivity contribution in [2.45, 2.75) is 6.18 Å². The van der Waals surface area contributed by atoms with Crippen molar-refractivity contribution in [3.8, 4) is 0 Å².